The van der Waals surface area contributed by atoms with Crippen LogP contribution < -0.4 is 0 Å². The van der Waals surface area contributed by atoms with E-state index in [1.807, 2.05) is 0 Å². The number of allylic oxidation sites excluding steroid dienone is 18. The molecule has 0 bridgehead atoms. The van der Waals surface area contributed by atoms with Crippen molar-refractivity contribution in [2.24, 2.45) is 0 Å². The van der Waals surface area contributed by atoms with Crippen LogP contribution in [0.3, 0.4) is 0 Å². The van der Waals surface area contributed by atoms with Gasteiger partial charge in [0.1, 0.15) is 19.3 Å². The molecule has 0 aromatic rings. The van der Waals surface area contributed by atoms with Crippen LogP contribution >= 0.6 is 15.6 Å². The van der Waals surface area contributed by atoms with Gasteiger partial charge in [0, 0.05) is 25.7 Å². The van der Waals surface area contributed by atoms with E-state index in [4.69, 9.17) is 37.0 Å². The second kappa shape index (κ2) is 76.9. The average Bonchev–Trinajstić information content (AvgIpc) is 0.939. The van der Waals surface area contributed by atoms with Crippen LogP contribution in [0.5, 0.6) is 0 Å². The van der Waals surface area contributed by atoms with E-state index in [1.54, 1.807) is 0 Å². The molecule has 19 heteroatoms. The van der Waals surface area contributed by atoms with Gasteiger partial charge in [-0.1, -0.05) is 278 Å². The number of hydrogen-bond acceptors (Lipinski definition) is 15. The number of rotatable bonds is 77. The number of aliphatic hydroxyl groups is 1. The van der Waals surface area contributed by atoms with Crippen molar-refractivity contribution in [2.75, 3.05) is 39.6 Å². The number of unbranched alkanes of at least 4 members (excludes halogenated alkanes) is 33. The van der Waals surface area contributed by atoms with E-state index in [-0.39, 0.29) is 25.7 Å². The topological polar surface area (TPSA) is 237 Å². The molecule has 0 aromatic heterocycles. The van der Waals surface area contributed by atoms with Crippen LogP contribution in [0.2, 0.25) is 0 Å². The fraction of sp³-hybridized carbons (Fsp3) is 0.741. The molecule has 0 radical (unpaired) electrons. The van der Waals surface area contributed by atoms with Crippen LogP contribution in [0.4, 0.5) is 0 Å². The normalized spacial score (nSPS) is 14.4. The molecule has 3 N–H and O–H groups in total. The summed E-state index contributed by atoms with van der Waals surface area (Å²) in [4.78, 5) is 73.1. The van der Waals surface area contributed by atoms with Crippen LogP contribution in [-0.2, 0) is 65.4 Å². The Hall–Kier alpha value is -4.28. The fourth-order valence-electron chi connectivity index (χ4n) is 10.9. The molecular formula is C85H148O17P2. The smallest absolute Gasteiger partial charge is 0.462 e. The van der Waals surface area contributed by atoms with Gasteiger partial charge in [-0.25, -0.2) is 9.13 Å². The Morgan fingerprint density at radius 1 is 0.279 bits per heavy atom. The maximum atomic E-state index is 13.1. The van der Waals surface area contributed by atoms with Crippen LogP contribution in [0.1, 0.15) is 349 Å². The molecule has 0 saturated carbocycles. The molecule has 5 atom stereocenters. The van der Waals surface area contributed by atoms with E-state index < -0.39 is 97.5 Å². The Bertz CT molecular complexity index is 2390. The van der Waals surface area contributed by atoms with Crippen molar-refractivity contribution >= 4 is 39.5 Å². The molecule has 0 rings (SSSR count). The Labute approximate surface area is 632 Å². The summed E-state index contributed by atoms with van der Waals surface area (Å²) in [6.45, 7) is 4.69. The lowest BCUT2D eigenvalue weighted by Gasteiger charge is -2.21. The van der Waals surface area contributed by atoms with Crippen LogP contribution in [0.25, 0.3) is 0 Å². The monoisotopic (exact) mass is 1500 g/mol. The molecular weight excluding hydrogens is 1350 g/mol. The summed E-state index contributed by atoms with van der Waals surface area (Å²) >= 11 is 0. The second-order valence-electron chi connectivity index (χ2n) is 27.3. The van der Waals surface area contributed by atoms with Crippen molar-refractivity contribution < 1.29 is 80.2 Å². The molecule has 0 aliphatic heterocycles. The highest BCUT2D eigenvalue weighted by Crippen LogP contribution is 2.45. The number of ether oxygens (including phenoxy) is 4. The van der Waals surface area contributed by atoms with Crippen molar-refractivity contribution in [1.29, 1.82) is 0 Å². The van der Waals surface area contributed by atoms with Gasteiger partial charge in [0.25, 0.3) is 0 Å². The number of phosphoric ester groups is 2. The lowest BCUT2D eigenvalue weighted by molar-refractivity contribution is -0.161. The van der Waals surface area contributed by atoms with Gasteiger partial charge in [0.05, 0.1) is 26.4 Å². The first-order chi connectivity index (χ1) is 50.7. The quantitative estimate of drug-likeness (QED) is 0.0169. The first kappa shape index (κ1) is 99.7. The zero-order valence-electron chi connectivity index (χ0n) is 65.7. The summed E-state index contributed by atoms with van der Waals surface area (Å²) in [6.07, 6.45) is 83.4. The maximum Gasteiger partial charge on any atom is 0.472 e. The van der Waals surface area contributed by atoms with Crippen molar-refractivity contribution in [3.05, 3.63) is 109 Å². The lowest BCUT2D eigenvalue weighted by Crippen LogP contribution is -2.30. The molecule has 5 unspecified atom stereocenters. The Balaban J connectivity index is 5.36. The average molecular weight is 1500 g/mol. The van der Waals surface area contributed by atoms with Crippen LogP contribution in [0.15, 0.2) is 109 Å². The summed E-state index contributed by atoms with van der Waals surface area (Å²) in [7, 11) is -9.97. The molecule has 0 aliphatic carbocycles. The Morgan fingerprint density at radius 3 is 0.798 bits per heavy atom. The summed E-state index contributed by atoms with van der Waals surface area (Å²) < 4.78 is 68.7. The maximum absolute atomic E-state index is 13.1. The molecule has 0 spiro atoms. The highest BCUT2D eigenvalue weighted by atomic mass is 31.2. The summed E-state index contributed by atoms with van der Waals surface area (Å²) in [5.41, 5.74) is 0. The largest absolute Gasteiger partial charge is 0.472 e. The molecule has 600 valence electrons. The molecule has 0 aliphatic rings. The number of esters is 4. The van der Waals surface area contributed by atoms with Crippen molar-refractivity contribution in [1.82, 2.24) is 0 Å². The first-order valence-corrected chi connectivity index (χ1v) is 44.1. The van der Waals surface area contributed by atoms with Gasteiger partial charge < -0.3 is 33.8 Å². The van der Waals surface area contributed by atoms with E-state index in [1.165, 1.54) is 64.2 Å². The Morgan fingerprint density at radius 2 is 0.500 bits per heavy atom. The van der Waals surface area contributed by atoms with E-state index in [9.17, 15) is 43.2 Å². The van der Waals surface area contributed by atoms with E-state index in [2.05, 4.69) is 137 Å². The van der Waals surface area contributed by atoms with Crippen molar-refractivity contribution in [3.8, 4) is 0 Å². The zero-order chi connectivity index (χ0) is 76.0. The second-order valence-corrected chi connectivity index (χ2v) is 30.2. The van der Waals surface area contributed by atoms with Gasteiger partial charge in [0.2, 0.25) is 0 Å². The number of phosphoric acid groups is 2. The fourth-order valence-corrected chi connectivity index (χ4v) is 12.5. The number of aliphatic hydroxyl groups excluding tert-OH is 1. The predicted molar refractivity (Wildman–Crippen MR) is 427 cm³/mol. The SMILES string of the molecule is CC/C=C\C/C=C\C/C=C\CCCCCCCCCC(=O)OCC(COP(=O)(O)OCC(O)COP(=O)(O)OCC(COC(=O)CCCCCCCC/C=C\C/C=C\C/C=C\CCCCC)OC(=O)CCCCCCC/C=C\CCCCCC)OC(=O)CCCCCCC/C=C\C/C=C\CCCCC. The first-order valence-electron chi connectivity index (χ1n) is 41.1. The molecule has 17 nitrogen and oxygen atoms in total. The Kier molecular flexibility index (Phi) is 73.7. The molecule has 0 heterocycles. The van der Waals surface area contributed by atoms with Gasteiger partial charge in [-0.2, -0.15) is 0 Å². The predicted octanol–water partition coefficient (Wildman–Crippen LogP) is 24.1. The zero-order valence-corrected chi connectivity index (χ0v) is 67.5. The minimum absolute atomic E-state index is 0.0759. The highest BCUT2D eigenvalue weighted by Gasteiger charge is 2.30. The molecule has 0 aromatic carbocycles. The molecule has 0 amide bonds. The van der Waals surface area contributed by atoms with E-state index >= 15 is 0 Å². The third-order valence-corrected chi connectivity index (χ3v) is 19.1. The van der Waals surface area contributed by atoms with E-state index in [0.29, 0.717) is 25.7 Å². The van der Waals surface area contributed by atoms with Gasteiger partial charge in [-0.15, -0.1) is 0 Å². The number of carbonyl (C=O) groups is 4. The third-order valence-electron chi connectivity index (χ3n) is 17.2. The van der Waals surface area contributed by atoms with Crippen LogP contribution in [-0.4, -0.2) is 96.7 Å². The van der Waals surface area contributed by atoms with Gasteiger partial charge in [-0.3, -0.25) is 37.3 Å². The lowest BCUT2D eigenvalue weighted by atomic mass is 10.1. The van der Waals surface area contributed by atoms with Gasteiger partial charge in [0.15, 0.2) is 12.2 Å². The minimum atomic E-state index is -4.98. The molecule has 0 fully saturated rings. The molecule has 0 saturated heterocycles. The summed E-state index contributed by atoms with van der Waals surface area (Å²) in [5.74, 6) is -2.21. The van der Waals surface area contributed by atoms with Gasteiger partial charge in [-0.05, 0) is 154 Å². The third kappa shape index (κ3) is 75.9. The van der Waals surface area contributed by atoms with Crippen molar-refractivity contribution in [2.45, 2.75) is 367 Å². The van der Waals surface area contributed by atoms with Crippen molar-refractivity contribution in [3.63, 3.8) is 0 Å². The summed E-state index contributed by atoms with van der Waals surface area (Å²) in [6, 6.07) is 0. The minimum Gasteiger partial charge on any atom is -0.462 e. The van der Waals surface area contributed by atoms with Gasteiger partial charge >= 0.3 is 39.5 Å². The van der Waals surface area contributed by atoms with E-state index in [0.717, 1.165) is 205 Å². The molecule has 104 heavy (non-hydrogen) atoms. The van der Waals surface area contributed by atoms with Crippen LogP contribution in [0, 0.1) is 0 Å². The summed E-state index contributed by atoms with van der Waals surface area (Å²) in [5, 5.41) is 10.6. The number of carbonyl (C=O) groups excluding carboxylic acids is 4. The number of hydrogen-bond donors (Lipinski definition) is 3. The standard InChI is InChI=1S/C85H148O17P2/c1-5-9-13-17-21-25-29-33-36-38-39-41-44-47-50-54-58-62-66-70-83(88)95-75-80(101-84(89)71-67-63-59-55-51-45-32-28-24-20-16-12-8-4)77-99-103(91,92)97-73-79(86)74-98-104(93,94)100-78-81(102-85(90)72-68-64-60-56-52-48-42-35-31-27-23-19-15-11-7-3)76-96-82(87)69-65-61-57-53-49-46-43-40-37-34-30-26-22-18-14-10-6-2/h10,14,21-23,25-28,32-37,39,41-42,79-81,86H,5-9,11-13,15-20,24,29-31,38,40,43-78H2,1-4H3,(H,91,92)(H,93,94)/b14-10-,25-21-,26-22-,27-23-,32-28-,36-33-,37-34-,41-39-,42-35-. The highest BCUT2D eigenvalue weighted by molar-refractivity contribution is 7.47.